The van der Waals surface area contributed by atoms with Crippen molar-refractivity contribution in [2.45, 2.75) is 6.42 Å². The van der Waals surface area contributed by atoms with Crippen LogP contribution in [0.4, 0.5) is 11.4 Å². The van der Waals surface area contributed by atoms with Crippen molar-refractivity contribution in [3.05, 3.63) is 29.0 Å². The fourth-order valence-electron chi connectivity index (χ4n) is 1.97. The predicted molar refractivity (Wildman–Crippen MR) is 66.3 cm³/mol. The van der Waals surface area contributed by atoms with Crippen LogP contribution < -0.4 is 16.0 Å². The molecule has 0 aromatic heterocycles. The molecule has 0 amide bonds. The summed E-state index contributed by atoms with van der Waals surface area (Å²) in [5.74, 6) is 0. The summed E-state index contributed by atoms with van der Waals surface area (Å²) in [5.41, 5.74) is 6.26. The van der Waals surface area contributed by atoms with Gasteiger partial charge in [0.15, 0.2) is 0 Å². The van der Waals surface area contributed by atoms with E-state index in [0.29, 0.717) is 0 Å². The number of fused-ring (bicyclic) bond motifs is 1. The first-order valence-corrected chi connectivity index (χ1v) is 5.19. The number of likely N-dealkylation sites (N-methyl/N-ethyl adjacent to an activating group) is 1. The Kier molecular flexibility index (Phi) is 2.54. The zero-order chi connectivity index (χ0) is 10.8. The number of allylic oxidation sites excluding steroid dienone is 1. The fraction of sp³-hybridized carbons (Fsp3) is 0.333. The molecule has 1 aromatic carbocycles. The SMILES string of the molecule is CNC1=Cc2cc(NC)c(NC)cc2C1. The van der Waals surface area contributed by atoms with E-state index in [0.717, 1.165) is 17.8 Å². The lowest BCUT2D eigenvalue weighted by Gasteiger charge is -2.11. The van der Waals surface area contributed by atoms with Gasteiger partial charge in [0.05, 0.1) is 11.4 Å². The maximum Gasteiger partial charge on any atom is 0.0579 e. The third-order valence-corrected chi connectivity index (χ3v) is 2.85. The minimum atomic E-state index is 1.00. The molecule has 1 aliphatic carbocycles. The molecule has 0 atom stereocenters. The van der Waals surface area contributed by atoms with Crippen LogP contribution in [0.25, 0.3) is 6.08 Å². The van der Waals surface area contributed by atoms with Crippen molar-refractivity contribution >= 4 is 17.5 Å². The van der Waals surface area contributed by atoms with Gasteiger partial charge in [-0.05, 0) is 29.3 Å². The molecule has 0 radical (unpaired) electrons. The molecule has 3 heteroatoms. The topological polar surface area (TPSA) is 36.1 Å². The average molecular weight is 203 g/mol. The standard InChI is InChI=1S/C12H17N3/c1-13-10-4-8-6-11(14-2)12(15-3)7-9(8)5-10/h4,6-7,13-15H,5H2,1-3H3. The molecule has 15 heavy (non-hydrogen) atoms. The lowest BCUT2D eigenvalue weighted by atomic mass is 10.1. The van der Waals surface area contributed by atoms with Crippen LogP contribution in [-0.4, -0.2) is 21.1 Å². The number of rotatable bonds is 3. The Bertz CT molecular complexity index is 408. The van der Waals surface area contributed by atoms with Crippen molar-refractivity contribution in [1.29, 1.82) is 0 Å². The molecule has 80 valence electrons. The number of benzene rings is 1. The van der Waals surface area contributed by atoms with E-state index < -0.39 is 0 Å². The summed E-state index contributed by atoms with van der Waals surface area (Å²) in [6, 6.07) is 4.40. The van der Waals surface area contributed by atoms with Gasteiger partial charge in [-0.25, -0.2) is 0 Å². The second-order valence-electron chi connectivity index (χ2n) is 3.69. The van der Waals surface area contributed by atoms with Gasteiger partial charge in [0, 0.05) is 33.3 Å². The summed E-state index contributed by atoms with van der Waals surface area (Å²) in [6.07, 6.45) is 3.21. The van der Waals surface area contributed by atoms with E-state index in [-0.39, 0.29) is 0 Å². The number of nitrogens with one attached hydrogen (secondary N) is 3. The molecule has 0 unspecified atom stereocenters. The first-order valence-electron chi connectivity index (χ1n) is 5.19. The Labute approximate surface area is 90.6 Å². The third-order valence-electron chi connectivity index (χ3n) is 2.85. The molecular weight excluding hydrogens is 186 g/mol. The molecule has 0 spiro atoms. The van der Waals surface area contributed by atoms with Crippen LogP contribution in [0, 0.1) is 0 Å². The molecule has 0 saturated carbocycles. The van der Waals surface area contributed by atoms with Crippen LogP contribution in [0.2, 0.25) is 0 Å². The van der Waals surface area contributed by atoms with Crippen LogP contribution in [0.5, 0.6) is 0 Å². The van der Waals surface area contributed by atoms with Gasteiger partial charge < -0.3 is 16.0 Å². The second kappa shape index (κ2) is 3.85. The highest BCUT2D eigenvalue weighted by Crippen LogP contribution is 2.31. The van der Waals surface area contributed by atoms with E-state index >= 15 is 0 Å². The molecule has 0 heterocycles. The van der Waals surface area contributed by atoms with E-state index in [4.69, 9.17) is 0 Å². The second-order valence-corrected chi connectivity index (χ2v) is 3.69. The van der Waals surface area contributed by atoms with E-state index in [9.17, 15) is 0 Å². The van der Waals surface area contributed by atoms with E-state index in [1.807, 2.05) is 21.1 Å². The Morgan fingerprint density at radius 2 is 1.60 bits per heavy atom. The number of hydrogen-bond acceptors (Lipinski definition) is 3. The summed E-state index contributed by atoms with van der Waals surface area (Å²) in [6.45, 7) is 0. The first kappa shape index (κ1) is 9.90. The molecule has 1 aromatic rings. The van der Waals surface area contributed by atoms with Gasteiger partial charge in [0.2, 0.25) is 0 Å². The molecule has 0 aliphatic heterocycles. The minimum Gasteiger partial charge on any atom is -0.391 e. The number of anilines is 2. The molecule has 0 fully saturated rings. The van der Waals surface area contributed by atoms with Crippen molar-refractivity contribution in [3.8, 4) is 0 Å². The van der Waals surface area contributed by atoms with Crippen LogP contribution in [0.15, 0.2) is 17.8 Å². The average Bonchev–Trinajstić information content (AvgIpc) is 2.68. The predicted octanol–water partition coefficient (Wildman–Crippen LogP) is 1.89. The highest BCUT2D eigenvalue weighted by Gasteiger charge is 2.14. The molecule has 1 aliphatic rings. The highest BCUT2D eigenvalue weighted by molar-refractivity contribution is 5.77. The van der Waals surface area contributed by atoms with Crippen LogP contribution >= 0.6 is 0 Å². The first-order chi connectivity index (χ1) is 7.28. The molecule has 2 rings (SSSR count). The van der Waals surface area contributed by atoms with E-state index in [1.165, 1.54) is 16.8 Å². The lowest BCUT2D eigenvalue weighted by Crippen LogP contribution is -2.04. The Morgan fingerprint density at radius 3 is 2.20 bits per heavy atom. The Morgan fingerprint density at radius 1 is 0.933 bits per heavy atom. The fourth-order valence-corrected chi connectivity index (χ4v) is 1.97. The molecular formula is C12H17N3. The van der Waals surface area contributed by atoms with Crippen molar-refractivity contribution in [2.24, 2.45) is 0 Å². The highest BCUT2D eigenvalue weighted by atomic mass is 14.9. The van der Waals surface area contributed by atoms with Crippen molar-refractivity contribution in [2.75, 3.05) is 31.8 Å². The van der Waals surface area contributed by atoms with Gasteiger partial charge in [0.25, 0.3) is 0 Å². The molecule has 0 bridgehead atoms. The lowest BCUT2D eigenvalue weighted by molar-refractivity contribution is 0.949. The molecule has 3 N–H and O–H groups in total. The van der Waals surface area contributed by atoms with Gasteiger partial charge in [-0.1, -0.05) is 0 Å². The van der Waals surface area contributed by atoms with Crippen LogP contribution in [0.1, 0.15) is 11.1 Å². The summed E-state index contributed by atoms with van der Waals surface area (Å²) in [5, 5.41) is 9.61. The van der Waals surface area contributed by atoms with Gasteiger partial charge in [-0.3, -0.25) is 0 Å². The summed E-state index contributed by atoms with van der Waals surface area (Å²) in [7, 11) is 5.86. The van der Waals surface area contributed by atoms with Gasteiger partial charge in [-0.2, -0.15) is 0 Å². The van der Waals surface area contributed by atoms with Crippen molar-refractivity contribution in [3.63, 3.8) is 0 Å². The Hall–Kier alpha value is -1.64. The van der Waals surface area contributed by atoms with Crippen molar-refractivity contribution in [1.82, 2.24) is 5.32 Å². The normalized spacial score (nSPS) is 13.1. The number of hydrogen-bond donors (Lipinski definition) is 3. The molecule has 3 nitrogen and oxygen atoms in total. The summed E-state index contributed by atoms with van der Waals surface area (Å²) < 4.78 is 0. The van der Waals surface area contributed by atoms with Crippen LogP contribution in [0.3, 0.4) is 0 Å². The van der Waals surface area contributed by atoms with E-state index in [2.05, 4.69) is 34.2 Å². The van der Waals surface area contributed by atoms with E-state index in [1.54, 1.807) is 0 Å². The molecule has 0 saturated heterocycles. The van der Waals surface area contributed by atoms with Crippen LogP contribution in [-0.2, 0) is 6.42 Å². The van der Waals surface area contributed by atoms with Gasteiger partial charge in [-0.15, -0.1) is 0 Å². The quantitative estimate of drug-likeness (QED) is 0.702. The van der Waals surface area contributed by atoms with Gasteiger partial charge in [0.1, 0.15) is 0 Å². The largest absolute Gasteiger partial charge is 0.391 e. The van der Waals surface area contributed by atoms with Gasteiger partial charge >= 0.3 is 0 Å². The maximum atomic E-state index is 3.21. The smallest absolute Gasteiger partial charge is 0.0579 e. The zero-order valence-corrected chi connectivity index (χ0v) is 9.44. The summed E-state index contributed by atoms with van der Waals surface area (Å²) >= 11 is 0. The van der Waals surface area contributed by atoms with Crippen molar-refractivity contribution < 1.29 is 0 Å². The monoisotopic (exact) mass is 203 g/mol. The maximum absolute atomic E-state index is 3.21. The summed E-state index contributed by atoms with van der Waals surface area (Å²) in [4.78, 5) is 0. The zero-order valence-electron chi connectivity index (χ0n) is 9.44. The minimum absolute atomic E-state index is 1.00. The Balaban J connectivity index is 2.42. The third kappa shape index (κ3) is 1.65.